The van der Waals surface area contributed by atoms with E-state index in [9.17, 15) is 4.79 Å². The lowest BCUT2D eigenvalue weighted by Gasteiger charge is -2.12. The second kappa shape index (κ2) is 12.1. The molecular weight excluding hydrogens is 477 g/mol. The molecule has 7 heteroatoms. The predicted octanol–water partition coefficient (Wildman–Crippen LogP) is 2.85. The van der Waals surface area contributed by atoms with Crippen LogP contribution in [0, 0.1) is 0 Å². The second-order valence-corrected chi connectivity index (χ2v) is 6.55. The van der Waals surface area contributed by atoms with Crippen molar-refractivity contribution in [2.24, 2.45) is 4.99 Å². The van der Waals surface area contributed by atoms with Gasteiger partial charge >= 0.3 is 0 Å². The highest BCUT2D eigenvalue weighted by molar-refractivity contribution is 14.0. The SMILES string of the molecule is CN=C(NCCc1c[nH]c2ccccc12)NCC(=O)NCCc1ccccc1.I. The van der Waals surface area contributed by atoms with Crippen LogP contribution in [-0.2, 0) is 17.6 Å². The molecule has 0 aliphatic rings. The van der Waals surface area contributed by atoms with Crippen LogP contribution in [0.25, 0.3) is 10.9 Å². The Balaban J connectivity index is 0.00000300. The van der Waals surface area contributed by atoms with Gasteiger partial charge in [-0.05, 0) is 30.0 Å². The number of rotatable bonds is 8. The summed E-state index contributed by atoms with van der Waals surface area (Å²) in [7, 11) is 1.70. The van der Waals surface area contributed by atoms with Gasteiger partial charge in [-0.15, -0.1) is 24.0 Å². The maximum Gasteiger partial charge on any atom is 0.239 e. The zero-order chi connectivity index (χ0) is 19.6. The third-order valence-corrected chi connectivity index (χ3v) is 4.58. The lowest BCUT2D eigenvalue weighted by molar-refractivity contribution is -0.119. The zero-order valence-corrected chi connectivity index (χ0v) is 18.9. The van der Waals surface area contributed by atoms with Crippen molar-refractivity contribution in [3.8, 4) is 0 Å². The Morgan fingerprint density at radius 2 is 1.66 bits per heavy atom. The maximum absolute atomic E-state index is 12.0. The van der Waals surface area contributed by atoms with Gasteiger partial charge in [-0.3, -0.25) is 9.79 Å². The first-order chi connectivity index (χ1) is 13.8. The maximum atomic E-state index is 12.0. The molecule has 0 spiro atoms. The molecule has 2 aromatic carbocycles. The van der Waals surface area contributed by atoms with Crippen molar-refractivity contribution in [2.75, 3.05) is 26.7 Å². The highest BCUT2D eigenvalue weighted by atomic mass is 127. The molecule has 3 aromatic rings. The minimum Gasteiger partial charge on any atom is -0.361 e. The number of hydrogen-bond donors (Lipinski definition) is 4. The first-order valence-corrected chi connectivity index (χ1v) is 9.56. The Labute approximate surface area is 188 Å². The first-order valence-electron chi connectivity index (χ1n) is 9.56. The molecule has 3 rings (SSSR count). The molecule has 1 aromatic heterocycles. The van der Waals surface area contributed by atoms with E-state index in [1.54, 1.807) is 7.05 Å². The average Bonchev–Trinajstić information content (AvgIpc) is 3.14. The topological polar surface area (TPSA) is 81.3 Å². The molecule has 0 fully saturated rings. The Morgan fingerprint density at radius 3 is 2.45 bits per heavy atom. The number of amides is 1. The molecule has 0 radical (unpaired) electrons. The van der Waals surface area contributed by atoms with Crippen LogP contribution in [0.3, 0.4) is 0 Å². The number of halogens is 1. The smallest absolute Gasteiger partial charge is 0.239 e. The van der Waals surface area contributed by atoms with E-state index in [0.717, 1.165) is 24.9 Å². The van der Waals surface area contributed by atoms with Gasteiger partial charge in [0.05, 0.1) is 6.54 Å². The number of nitrogens with zero attached hydrogens (tertiary/aromatic N) is 1. The zero-order valence-electron chi connectivity index (χ0n) is 16.6. The van der Waals surface area contributed by atoms with Gasteiger partial charge < -0.3 is 20.9 Å². The summed E-state index contributed by atoms with van der Waals surface area (Å²) in [6, 6.07) is 18.4. The van der Waals surface area contributed by atoms with Crippen LogP contribution >= 0.6 is 24.0 Å². The summed E-state index contributed by atoms with van der Waals surface area (Å²) < 4.78 is 0. The molecule has 0 aliphatic carbocycles. The average molecular weight is 505 g/mol. The molecule has 0 atom stereocenters. The van der Waals surface area contributed by atoms with Crippen LogP contribution in [0.15, 0.2) is 65.8 Å². The number of H-pyrrole nitrogens is 1. The van der Waals surface area contributed by atoms with E-state index in [1.807, 2.05) is 36.5 Å². The summed E-state index contributed by atoms with van der Waals surface area (Å²) in [6.45, 7) is 1.55. The van der Waals surface area contributed by atoms with Crippen molar-refractivity contribution in [3.05, 3.63) is 71.9 Å². The van der Waals surface area contributed by atoms with Crippen molar-refractivity contribution in [1.82, 2.24) is 20.9 Å². The highest BCUT2D eigenvalue weighted by Crippen LogP contribution is 2.17. The standard InChI is InChI=1S/C22H27N5O.HI/c1-23-22(25-14-12-18-15-26-20-10-6-5-9-19(18)20)27-16-21(28)24-13-11-17-7-3-2-4-8-17;/h2-10,15,26H,11-14,16H2,1H3,(H,24,28)(H2,23,25,27);1H. The van der Waals surface area contributed by atoms with Gasteiger partial charge in [-0.25, -0.2) is 0 Å². The van der Waals surface area contributed by atoms with E-state index < -0.39 is 0 Å². The largest absolute Gasteiger partial charge is 0.361 e. The van der Waals surface area contributed by atoms with Gasteiger partial charge in [0.1, 0.15) is 0 Å². The van der Waals surface area contributed by atoms with E-state index in [2.05, 4.69) is 50.2 Å². The summed E-state index contributed by atoms with van der Waals surface area (Å²) in [5.74, 6) is 0.577. The van der Waals surface area contributed by atoms with Gasteiger partial charge in [0.2, 0.25) is 5.91 Å². The summed E-state index contributed by atoms with van der Waals surface area (Å²) in [4.78, 5) is 19.5. The molecule has 1 amide bonds. The number of aromatic nitrogens is 1. The summed E-state index contributed by atoms with van der Waals surface area (Å²) in [5, 5.41) is 10.5. The highest BCUT2D eigenvalue weighted by Gasteiger charge is 2.05. The molecule has 1 heterocycles. The van der Waals surface area contributed by atoms with Crippen LogP contribution in [-0.4, -0.2) is 43.5 Å². The third kappa shape index (κ3) is 7.08. The molecule has 4 N–H and O–H groups in total. The van der Waals surface area contributed by atoms with Crippen LogP contribution in [0.4, 0.5) is 0 Å². The number of para-hydroxylation sites is 1. The minimum atomic E-state index is -0.0458. The Hall–Kier alpha value is -2.55. The third-order valence-electron chi connectivity index (χ3n) is 4.58. The summed E-state index contributed by atoms with van der Waals surface area (Å²) >= 11 is 0. The normalized spacial score (nSPS) is 11.0. The van der Waals surface area contributed by atoms with Crippen LogP contribution in [0.2, 0.25) is 0 Å². The van der Waals surface area contributed by atoms with E-state index in [1.165, 1.54) is 16.5 Å². The summed E-state index contributed by atoms with van der Waals surface area (Å²) in [5.41, 5.74) is 3.62. The molecule has 0 saturated heterocycles. The van der Waals surface area contributed by atoms with Crippen molar-refractivity contribution in [1.29, 1.82) is 0 Å². The minimum absolute atomic E-state index is 0. The number of carbonyl (C=O) groups excluding carboxylic acids is 1. The lowest BCUT2D eigenvalue weighted by Crippen LogP contribution is -2.44. The molecular formula is C22H28IN5O. The van der Waals surface area contributed by atoms with E-state index in [4.69, 9.17) is 0 Å². The number of hydrogen-bond acceptors (Lipinski definition) is 2. The fraction of sp³-hybridized carbons (Fsp3) is 0.273. The number of guanidine groups is 1. The second-order valence-electron chi connectivity index (χ2n) is 6.55. The Kier molecular flexibility index (Phi) is 9.49. The Morgan fingerprint density at radius 1 is 0.931 bits per heavy atom. The van der Waals surface area contributed by atoms with E-state index >= 15 is 0 Å². The number of fused-ring (bicyclic) bond motifs is 1. The molecule has 0 saturated carbocycles. The van der Waals surface area contributed by atoms with Gasteiger partial charge in [0.15, 0.2) is 5.96 Å². The van der Waals surface area contributed by atoms with Gasteiger partial charge in [-0.2, -0.15) is 0 Å². The quantitative estimate of drug-likeness (QED) is 0.216. The number of carbonyl (C=O) groups is 1. The van der Waals surface area contributed by atoms with Gasteiger partial charge in [-0.1, -0.05) is 48.5 Å². The first kappa shape index (κ1) is 22.7. The molecule has 6 nitrogen and oxygen atoms in total. The van der Waals surface area contributed by atoms with Gasteiger partial charge in [0.25, 0.3) is 0 Å². The van der Waals surface area contributed by atoms with Crippen molar-refractivity contribution < 1.29 is 4.79 Å². The van der Waals surface area contributed by atoms with Crippen molar-refractivity contribution in [3.63, 3.8) is 0 Å². The van der Waals surface area contributed by atoms with Crippen LogP contribution in [0.1, 0.15) is 11.1 Å². The number of nitrogens with one attached hydrogen (secondary N) is 4. The fourth-order valence-electron chi connectivity index (χ4n) is 3.09. The van der Waals surface area contributed by atoms with Gasteiger partial charge in [0, 0.05) is 37.2 Å². The van der Waals surface area contributed by atoms with Crippen molar-refractivity contribution in [2.45, 2.75) is 12.8 Å². The molecule has 0 bridgehead atoms. The van der Waals surface area contributed by atoms with Crippen molar-refractivity contribution >= 4 is 46.7 Å². The molecule has 0 aliphatic heterocycles. The van der Waals surface area contributed by atoms with E-state index in [0.29, 0.717) is 12.5 Å². The fourth-order valence-corrected chi connectivity index (χ4v) is 3.09. The molecule has 0 unspecified atom stereocenters. The molecule has 154 valence electrons. The monoisotopic (exact) mass is 505 g/mol. The Bertz CT molecular complexity index is 923. The number of aromatic amines is 1. The number of benzene rings is 2. The number of aliphatic imine (C=N–C) groups is 1. The lowest BCUT2D eigenvalue weighted by atomic mass is 10.1. The van der Waals surface area contributed by atoms with Crippen LogP contribution < -0.4 is 16.0 Å². The molecule has 29 heavy (non-hydrogen) atoms. The summed E-state index contributed by atoms with van der Waals surface area (Å²) in [6.07, 6.45) is 3.74. The van der Waals surface area contributed by atoms with Crippen LogP contribution in [0.5, 0.6) is 0 Å². The predicted molar refractivity (Wildman–Crippen MR) is 130 cm³/mol. The van der Waals surface area contributed by atoms with E-state index in [-0.39, 0.29) is 36.4 Å².